The molecular weight excluding hydrogens is 913 g/mol. The molecule has 350 valence electrons. The number of ether oxygens (including phenoxy) is 4. The van der Waals surface area contributed by atoms with Crippen molar-refractivity contribution in [3.05, 3.63) is 39.2 Å². The summed E-state index contributed by atoms with van der Waals surface area (Å²) in [5.74, 6) is 17.1. The maximum absolute atomic E-state index is 13.4. The Kier molecular flexibility index (Phi) is 24.5. The molecule has 2 heterocycles. The predicted molar refractivity (Wildman–Crippen MR) is 277 cm³/mol. The normalized spacial score (nSPS) is 14.0. The lowest BCUT2D eigenvalue weighted by Crippen LogP contribution is -2.43. The largest absolute Gasteiger partial charge is 0.462 e. The predicted octanol–water partition coefficient (Wildman–Crippen LogP) is 13.1. The van der Waals surface area contributed by atoms with Crippen LogP contribution in [-0.2, 0) is 38.1 Å². The standard InChI is InChI=1S/C50H70O8S4Si2/c1-17-27-55-45(51)41-42(46(52)56-28-18-2)60-49(59-41)39(25-31-63(33(5)6,34(7)8)35(9)10)23-21-22-24-40(26-32-64(36(11)12,37(13)14)38(15)16)50-61-43(47(53)57-29-19-3)44(62-50)48(54)58-30-20-4/h33-38H,17-20,27-30H2,1-16H3. The highest BCUT2D eigenvalue weighted by atomic mass is 32.2. The van der Waals surface area contributed by atoms with E-state index < -0.39 is 40.0 Å². The van der Waals surface area contributed by atoms with Crippen LogP contribution in [0.2, 0.25) is 33.2 Å². The molecule has 0 aromatic carbocycles. The van der Waals surface area contributed by atoms with Crippen molar-refractivity contribution in [2.45, 2.75) is 170 Å². The summed E-state index contributed by atoms with van der Waals surface area (Å²) in [5.41, 5.74) is 10.5. The molecule has 8 nitrogen and oxygen atoms in total. The fourth-order valence-corrected chi connectivity index (χ4v) is 23.1. The van der Waals surface area contributed by atoms with E-state index >= 15 is 0 Å². The van der Waals surface area contributed by atoms with E-state index in [9.17, 15) is 19.2 Å². The van der Waals surface area contributed by atoms with Gasteiger partial charge in [-0.15, -0.1) is 11.1 Å². The molecule has 0 atom stereocenters. The maximum atomic E-state index is 13.4. The molecule has 0 fully saturated rings. The van der Waals surface area contributed by atoms with E-state index in [0.29, 0.717) is 78.6 Å². The first kappa shape index (κ1) is 57.0. The summed E-state index contributed by atoms with van der Waals surface area (Å²) in [6.45, 7) is 35.3. The van der Waals surface area contributed by atoms with E-state index in [0.717, 1.165) is 47.0 Å². The second-order valence-electron chi connectivity index (χ2n) is 17.4. The average molecular weight is 984 g/mol. The third-order valence-electron chi connectivity index (χ3n) is 11.1. The minimum Gasteiger partial charge on any atom is -0.462 e. The van der Waals surface area contributed by atoms with Crippen LogP contribution in [0.3, 0.4) is 0 Å². The van der Waals surface area contributed by atoms with E-state index in [2.05, 4.69) is 130 Å². The zero-order valence-corrected chi connectivity index (χ0v) is 46.3. The molecule has 0 aliphatic carbocycles. The van der Waals surface area contributed by atoms with Gasteiger partial charge in [0.25, 0.3) is 0 Å². The van der Waals surface area contributed by atoms with Crippen LogP contribution in [0.15, 0.2) is 39.2 Å². The van der Waals surface area contributed by atoms with Crippen molar-refractivity contribution in [2.24, 2.45) is 0 Å². The molecule has 0 radical (unpaired) electrons. The molecule has 0 unspecified atom stereocenters. The fraction of sp³-hybridized carbons (Fsp3) is 0.600. The van der Waals surface area contributed by atoms with E-state index in [4.69, 9.17) is 18.9 Å². The van der Waals surface area contributed by atoms with Gasteiger partial charge in [-0.25, -0.2) is 19.2 Å². The van der Waals surface area contributed by atoms with Crippen molar-refractivity contribution >= 4 is 87.1 Å². The smallest absolute Gasteiger partial charge is 0.346 e. The molecule has 0 aromatic rings. The SMILES string of the molecule is CCCOC(=O)C1=C(C(=O)OCCC)SC(=C(C#CC#CC(C#C[Si](C(C)C)(C(C)C)C(C)C)=C2SC(C(=O)OCCC)=C(C(=O)OCCC)S2)C#C[Si](C(C)C)(C(C)C)C(C)C)S1. The Hall–Kier alpha value is -3.09. The second kappa shape index (κ2) is 27.5. The van der Waals surface area contributed by atoms with Crippen LogP contribution in [0.1, 0.15) is 136 Å². The lowest BCUT2D eigenvalue weighted by molar-refractivity contribution is -0.141. The molecule has 2 aliphatic heterocycles. The average Bonchev–Trinajstić information content (AvgIpc) is 3.89. The number of thioether (sulfide) groups is 4. The number of carbonyl (C=O) groups is 4. The second-order valence-corrected chi connectivity index (χ2v) is 33.1. The van der Waals surface area contributed by atoms with E-state index in [1.807, 2.05) is 27.7 Å². The summed E-state index contributed by atoms with van der Waals surface area (Å²) in [5, 5.41) is 0. The lowest BCUT2D eigenvalue weighted by Gasteiger charge is -2.38. The van der Waals surface area contributed by atoms with Crippen LogP contribution in [0.5, 0.6) is 0 Å². The van der Waals surface area contributed by atoms with Crippen molar-refractivity contribution < 1.29 is 38.1 Å². The first-order chi connectivity index (χ1) is 30.2. The van der Waals surface area contributed by atoms with E-state index in [1.165, 1.54) is 0 Å². The van der Waals surface area contributed by atoms with Crippen molar-refractivity contribution in [3.63, 3.8) is 0 Å². The minimum absolute atomic E-state index is 0.154. The zero-order chi connectivity index (χ0) is 48.4. The topological polar surface area (TPSA) is 105 Å². The summed E-state index contributed by atoms with van der Waals surface area (Å²) < 4.78 is 23.2. The number of carbonyl (C=O) groups excluding carboxylic acids is 4. The van der Waals surface area contributed by atoms with Crippen molar-refractivity contribution in [1.29, 1.82) is 0 Å². The van der Waals surface area contributed by atoms with Crippen LogP contribution in [-0.4, -0.2) is 66.5 Å². The Morgan fingerprint density at radius 1 is 0.406 bits per heavy atom. The van der Waals surface area contributed by atoms with Gasteiger partial charge in [0.2, 0.25) is 0 Å². The van der Waals surface area contributed by atoms with Crippen LogP contribution in [0.25, 0.3) is 0 Å². The quantitative estimate of drug-likeness (QED) is 0.0565. The molecule has 64 heavy (non-hydrogen) atoms. The van der Waals surface area contributed by atoms with Crippen molar-refractivity contribution in [2.75, 3.05) is 26.4 Å². The molecule has 2 rings (SSSR count). The van der Waals surface area contributed by atoms with Gasteiger partial charge in [-0.3, -0.25) is 0 Å². The first-order valence-electron chi connectivity index (χ1n) is 22.7. The molecule has 0 bridgehead atoms. The Morgan fingerprint density at radius 2 is 0.625 bits per heavy atom. The number of allylic oxidation sites excluding steroid dienone is 2. The Morgan fingerprint density at radius 3 is 0.812 bits per heavy atom. The maximum Gasteiger partial charge on any atom is 0.346 e. The number of esters is 4. The first-order valence-corrected chi connectivity index (χ1v) is 30.4. The highest BCUT2D eigenvalue weighted by molar-refractivity contribution is 8.29. The third-order valence-corrected chi connectivity index (χ3v) is 28.8. The summed E-state index contributed by atoms with van der Waals surface area (Å²) in [7, 11) is -4.53. The van der Waals surface area contributed by atoms with Gasteiger partial charge in [0.1, 0.15) is 35.8 Å². The van der Waals surface area contributed by atoms with Crippen LogP contribution < -0.4 is 0 Å². The van der Waals surface area contributed by atoms with Crippen molar-refractivity contribution in [3.8, 4) is 46.6 Å². The molecule has 2 aliphatic rings. The van der Waals surface area contributed by atoms with Gasteiger partial charge >= 0.3 is 23.9 Å². The summed E-state index contributed by atoms with van der Waals surface area (Å²) in [6, 6.07) is 0. The minimum atomic E-state index is -2.27. The lowest BCUT2D eigenvalue weighted by atomic mass is 10.3. The van der Waals surface area contributed by atoms with E-state index in [-0.39, 0.29) is 46.0 Å². The Bertz CT molecular complexity index is 1850. The van der Waals surface area contributed by atoms with Crippen molar-refractivity contribution in [1.82, 2.24) is 0 Å². The van der Waals surface area contributed by atoms with Gasteiger partial charge < -0.3 is 18.9 Å². The number of hydrogen-bond acceptors (Lipinski definition) is 12. The molecular formula is C50H70O8S4Si2. The van der Waals surface area contributed by atoms with Crippen LogP contribution in [0, 0.1) is 46.6 Å². The molecule has 0 N–H and O–H groups in total. The third kappa shape index (κ3) is 14.7. The molecule has 14 heteroatoms. The molecule has 0 spiro atoms. The van der Waals surface area contributed by atoms with E-state index in [1.54, 1.807) is 0 Å². The van der Waals surface area contributed by atoms with Crippen LogP contribution in [0.4, 0.5) is 0 Å². The Balaban J connectivity index is 3.05. The van der Waals surface area contributed by atoms with Gasteiger partial charge in [-0.05, 0) is 82.6 Å². The highest BCUT2D eigenvalue weighted by Crippen LogP contribution is 2.53. The van der Waals surface area contributed by atoms with Crippen LogP contribution >= 0.6 is 47.0 Å². The zero-order valence-electron chi connectivity index (χ0n) is 41.0. The van der Waals surface area contributed by atoms with Gasteiger partial charge in [-0.2, -0.15) is 0 Å². The molecule has 0 saturated carbocycles. The number of rotatable bonds is 18. The fourth-order valence-electron chi connectivity index (χ4n) is 8.04. The van der Waals surface area contributed by atoms with Gasteiger partial charge in [0.05, 0.1) is 46.0 Å². The number of hydrogen-bond donors (Lipinski definition) is 0. The summed E-state index contributed by atoms with van der Waals surface area (Å²) in [6.07, 6.45) is 2.51. The Labute approximate surface area is 404 Å². The monoisotopic (exact) mass is 982 g/mol. The molecule has 0 aromatic heterocycles. The molecule has 0 saturated heterocycles. The molecule has 0 amide bonds. The summed E-state index contributed by atoms with van der Waals surface area (Å²) in [4.78, 5) is 54.2. The van der Waals surface area contributed by atoms with Gasteiger partial charge in [-0.1, -0.05) is 170 Å². The summed E-state index contributed by atoms with van der Waals surface area (Å²) >= 11 is 4.50. The van der Waals surface area contributed by atoms with Gasteiger partial charge in [0.15, 0.2) is 0 Å². The van der Waals surface area contributed by atoms with Gasteiger partial charge in [0, 0.05) is 0 Å². The highest BCUT2D eigenvalue weighted by Gasteiger charge is 2.43.